The van der Waals surface area contributed by atoms with Crippen LogP contribution in [0.4, 0.5) is 0 Å². The van der Waals surface area contributed by atoms with Gasteiger partial charge in [-0.15, -0.1) is 24.8 Å². The average Bonchev–Trinajstić information content (AvgIpc) is 3.13. The highest BCUT2D eigenvalue weighted by molar-refractivity contribution is 6.06. The molecule has 0 atom stereocenters. The van der Waals surface area contributed by atoms with Crippen molar-refractivity contribution in [2.75, 3.05) is 6.54 Å². The van der Waals surface area contributed by atoms with Crippen LogP contribution in [0.1, 0.15) is 55.6 Å². The van der Waals surface area contributed by atoms with Crippen molar-refractivity contribution in [3.8, 4) is 11.3 Å². The molecule has 3 N–H and O–H groups in total. The minimum Gasteiger partial charge on any atom is -0.466 e. The zero-order valence-corrected chi connectivity index (χ0v) is 19.2. The number of carbonyl (C=O) groups is 1. The number of nitrogens with zero attached hydrogens (tertiary/aromatic N) is 3. The van der Waals surface area contributed by atoms with E-state index < -0.39 is 5.54 Å². The van der Waals surface area contributed by atoms with Gasteiger partial charge < -0.3 is 15.5 Å². The number of aromatic nitrogens is 3. The number of nitrogens with one attached hydrogen (secondary N) is 1. The number of carbonyl (C=O) groups excluding carboxylic acids is 1. The molecule has 0 aromatic carbocycles. The average molecular weight is 442 g/mol. The van der Waals surface area contributed by atoms with Gasteiger partial charge >= 0.3 is 0 Å². The van der Waals surface area contributed by atoms with Gasteiger partial charge in [0.2, 0.25) is 0 Å². The number of furan rings is 1. The Hall–Kier alpha value is -2.09. The Morgan fingerprint density at radius 2 is 1.93 bits per heavy atom. The van der Waals surface area contributed by atoms with Crippen molar-refractivity contribution in [3.05, 3.63) is 35.4 Å². The second-order valence-corrected chi connectivity index (χ2v) is 7.97. The molecule has 3 aromatic rings. The van der Waals surface area contributed by atoms with Gasteiger partial charge in [0.1, 0.15) is 11.5 Å². The van der Waals surface area contributed by atoms with Crippen molar-refractivity contribution in [2.24, 2.45) is 5.73 Å². The minimum atomic E-state index is -0.495. The summed E-state index contributed by atoms with van der Waals surface area (Å²) in [6.45, 7) is 12.0. The molecule has 0 aliphatic carbocycles. The van der Waals surface area contributed by atoms with E-state index in [0.717, 1.165) is 22.5 Å². The highest BCUT2D eigenvalue weighted by atomic mass is 35.5. The molecule has 1 amide bonds. The van der Waals surface area contributed by atoms with Gasteiger partial charge in [-0.1, -0.05) is 0 Å². The molecule has 0 unspecified atom stereocenters. The zero-order valence-electron chi connectivity index (χ0n) is 17.6. The van der Waals surface area contributed by atoms with Gasteiger partial charge in [0.25, 0.3) is 5.91 Å². The Bertz CT molecular complexity index is 1000. The van der Waals surface area contributed by atoms with Crippen LogP contribution in [-0.2, 0) is 0 Å². The van der Waals surface area contributed by atoms with E-state index in [1.54, 1.807) is 12.3 Å². The van der Waals surface area contributed by atoms with E-state index in [9.17, 15) is 4.79 Å². The van der Waals surface area contributed by atoms with Gasteiger partial charge in [-0.3, -0.25) is 4.79 Å². The fourth-order valence-electron chi connectivity index (χ4n) is 3.01. The number of hydrogen-bond donors (Lipinski definition) is 2. The Morgan fingerprint density at radius 3 is 2.45 bits per heavy atom. The van der Waals surface area contributed by atoms with E-state index >= 15 is 0 Å². The first-order valence-corrected chi connectivity index (χ1v) is 9.09. The fraction of sp³-hybridized carbons (Fsp3) is 0.450. The molecule has 0 saturated carbocycles. The van der Waals surface area contributed by atoms with Crippen LogP contribution in [-0.4, -0.2) is 32.8 Å². The first-order valence-electron chi connectivity index (χ1n) is 9.09. The Labute approximate surface area is 183 Å². The van der Waals surface area contributed by atoms with Crippen LogP contribution < -0.4 is 11.1 Å². The van der Waals surface area contributed by atoms with Crippen LogP contribution in [0, 0.1) is 13.8 Å². The third-order valence-corrected chi connectivity index (χ3v) is 4.32. The maximum absolute atomic E-state index is 12.9. The second-order valence-electron chi connectivity index (χ2n) is 7.97. The summed E-state index contributed by atoms with van der Waals surface area (Å²) in [5.74, 6) is 1.38. The molecule has 0 aliphatic heterocycles. The summed E-state index contributed by atoms with van der Waals surface area (Å²) in [6, 6.07) is 3.85. The first-order chi connectivity index (χ1) is 12.6. The van der Waals surface area contributed by atoms with E-state index in [1.165, 1.54) is 0 Å². The van der Waals surface area contributed by atoms with E-state index in [1.807, 2.05) is 52.3 Å². The second kappa shape index (κ2) is 9.15. The molecule has 0 radical (unpaired) electrons. The number of pyridine rings is 1. The monoisotopic (exact) mass is 441 g/mol. The van der Waals surface area contributed by atoms with Gasteiger partial charge in [-0.2, -0.15) is 5.10 Å². The summed E-state index contributed by atoms with van der Waals surface area (Å²) >= 11 is 0. The lowest BCUT2D eigenvalue weighted by atomic mass is 10.1. The summed E-state index contributed by atoms with van der Waals surface area (Å²) in [5, 5.41) is 8.07. The Balaban J connectivity index is 0.00000210. The summed E-state index contributed by atoms with van der Waals surface area (Å²) < 4.78 is 7.48. The van der Waals surface area contributed by atoms with Crippen LogP contribution in [0.2, 0.25) is 0 Å². The van der Waals surface area contributed by atoms with Crippen molar-refractivity contribution >= 4 is 41.8 Å². The Morgan fingerprint density at radius 1 is 1.28 bits per heavy atom. The number of nitrogens with two attached hydrogens (primary N) is 1. The molecule has 0 bridgehead atoms. The Kier molecular flexibility index (Phi) is 7.87. The van der Waals surface area contributed by atoms with Crippen LogP contribution in [0.5, 0.6) is 0 Å². The molecule has 160 valence electrons. The molecule has 0 spiro atoms. The first kappa shape index (κ1) is 24.9. The van der Waals surface area contributed by atoms with Gasteiger partial charge in [-0.25, -0.2) is 9.67 Å². The normalized spacial score (nSPS) is 11.3. The standard InChI is InChI=1S/C20H27N5O2.2ClH/c1-11(2)25-18-16(9-23-25)15(19(26)22-10-20(5,6)21)8-17(24-18)14-7-12(3)27-13(14)4;;/h7-9,11H,10,21H2,1-6H3,(H,22,26);2*1H. The van der Waals surface area contributed by atoms with Gasteiger partial charge in [-0.05, 0) is 53.7 Å². The third-order valence-electron chi connectivity index (χ3n) is 4.32. The van der Waals surface area contributed by atoms with Gasteiger partial charge in [0.05, 0.1) is 22.8 Å². The topological polar surface area (TPSA) is 99.0 Å². The minimum absolute atomic E-state index is 0. The smallest absolute Gasteiger partial charge is 0.252 e. The quantitative estimate of drug-likeness (QED) is 0.617. The van der Waals surface area contributed by atoms with E-state index in [0.29, 0.717) is 23.4 Å². The maximum Gasteiger partial charge on any atom is 0.252 e. The SMILES string of the molecule is Cc1cc(-c2cc(C(=O)NCC(C)(C)N)c3cnn(C(C)C)c3n2)c(C)o1.Cl.Cl. The molecule has 3 rings (SSSR count). The summed E-state index contributed by atoms with van der Waals surface area (Å²) in [5.41, 5.74) is 8.29. The molecule has 3 aromatic heterocycles. The summed E-state index contributed by atoms with van der Waals surface area (Å²) in [4.78, 5) is 17.7. The fourth-order valence-corrected chi connectivity index (χ4v) is 3.01. The van der Waals surface area contributed by atoms with Crippen LogP contribution in [0.15, 0.2) is 22.7 Å². The van der Waals surface area contributed by atoms with Gasteiger partial charge in [0.15, 0.2) is 5.65 Å². The molecule has 3 heterocycles. The number of hydrogen-bond acceptors (Lipinski definition) is 5. The predicted molar refractivity (Wildman–Crippen MR) is 120 cm³/mol. The van der Waals surface area contributed by atoms with E-state index in [4.69, 9.17) is 15.1 Å². The van der Waals surface area contributed by atoms with Gasteiger partial charge in [0, 0.05) is 23.7 Å². The highest BCUT2D eigenvalue weighted by Crippen LogP contribution is 2.30. The maximum atomic E-state index is 12.9. The van der Waals surface area contributed by atoms with E-state index in [2.05, 4.69) is 10.4 Å². The zero-order chi connectivity index (χ0) is 19.9. The predicted octanol–water partition coefficient (Wildman–Crippen LogP) is 4.20. The number of halogens is 2. The largest absolute Gasteiger partial charge is 0.466 e. The lowest BCUT2D eigenvalue weighted by Crippen LogP contribution is -2.45. The molecule has 7 nitrogen and oxygen atoms in total. The lowest BCUT2D eigenvalue weighted by Gasteiger charge is -2.19. The van der Waals surface area contributed by atoms with Crippen molar-refractivity contribution in [3.63, 3.8) is 0 Å². The number of fused-ring (bicyclic) bond motifs is 1. The number of rotatable bonds is 5. The highest BCUT2D eigenvalue weighted by Gasteiger charge is 2.21. The number of amides is 1. The van der Waals surface area contributed by atoms with Crippen LogP contribution in [0.25, 0.3) is 22.3 Å². The van der Waals surface area contributed by atoms with Crippen molar-refractivity contribution in [1.29, 1.82) is 0 Å². The van der Waals surface area contributed by atoms with Crippen molar-refractivity contribution in [1.82, 2.24) is 20.1 Å². The molecular weight excluding hydrogens is 413 g/mol. The third kappa shape index (κ3) is 5.29. The molecule has 0 aliphatic rings. The van der Waals surface area contributed by atoms with Crippen LogP contribution >= 0.6 is 24.8 Å². The molecule has 29 heavy (non-hydrogen) atoms. The molecule has 9 heteroatoms. The number of aryl methyl sites for hydroxylation is 2. The van der Waals surface area contributed by atoms with Crippen LogP contribution in [0.3, 0.4) is 0 Å². The summed E-state index contributed by atoms with van der Waals surface area (Å²) in [7, 11) is 0. The lowest BCUT2D eigenvalue weighted by molar-refractivity contribution is 0.0947. The molecule has 0 fully saturated rings. The summed E-state index contributed by atoms with van der Waals surface area (Å²) in [6.07, 6.45) is 1.70. The molecular formula is C20H29Cl2N5O2. The van der Waals surface area contributed by atoms with Crippen molar-refractivity contribution < 1.29 is 9.21 Å². The van der Waals surface area contributed by atoms with E-state index in [-0.39, 0.29) is 36.8 Å². The van der Waals surface area contributed by atoms with Crippen molar-refractivity contribution in [2.45, 2.75) is 53.1 Å². The molecule has 0 saturated heterocycles.